The number of anilines is 2. The summed E-state index contributed by atoms with van der Waals surface area (Å²) in [5, 5.41) is 3.35. The molecule has 0 unspecified atom stereocenters. The molecule has 2 aromatic rings. The van der Waals surface area contributed by atoms with Crippen molar-refractivity contribution in [2.24, 2.45) is 7.05 Å². The van der Waals surface area contributed by atoms with Gasteiger partial charge in [0.25, 0.3) is 5.56 Å². The standard InChI is InChI=1S/C15H17N3O2/c1-18-8-12(6-13(16)15(18)19)10-2-3-11-9-20-5-4-17-14(11)7-10/h2-3,6-8,17H,4-5,9,16H2,1H3. The monoisotopic (exact) mass is 271 g/mol. The predicted octanol–water partition coefficient (Wildman–Crippen LogP) is 1.58. The number of pyridine rings is 1. The fraction of sp³-hybridized carbons (Fsp3) is 0.267. The fourth-order valence-electron chi connectivity index (χ4n) is 2.38. The molecule has 104 valence electrons. The molecule has 0 fully saturated rings. The molecule has 0 bridgehead atoms. The molecule has 3 rings (SSSR count). The van der Waals surface area contributed by atoms with Gasteiger partial charge in [0.1, 0.15) is 0 Å². The van der Waals surface area contributed by atoms with Crippen LogP contribution in [0.1, 0.15) is 5.56 Å². The van der Waals surface area contributed by atoms with Crippen LogP contribution in [-0.4, -0.2) is 17.7 Å². The zero-order valence-corrected chi connectivity index (χ0v) is 11.3. The number of nitrogens with two attached hydrogens (primary N) is 1. The van der Waals surface area contributed by atoms with E-state index in [4.69, 9.17) is 10.5 Å². The van der Waals surface area contributed by atoms with E-state index in [1.165, 1.54) is 4.57 Å². The van der Waals surface area contributed by atoms with Crippen molar-refractivity contribution in [2.75, 3.05) is 24.2 Å². The minimum absolute atomic E-state index is 0.171. The number of nitrogen functional groups attached to an aromatic ring is 1. The lowest BCUT2D eigenvalue weighted by Gasteiger charge is -2.11. The maximum absolute atomic E-state index is 11.6. The van der Waals surface area contributed by atoms with Crippen LogP contribution in [0.25, 0.3) is 11.1 Å². The Morgan fingerprint density at radius 3 is 2.95 bits per heavy atom. The quantitative estimate of drug-likeness (QED) is 0.826. The van der Waals surface area contributed by atoms with Gasteiger partial charge in [0.05, 0.1) is 18.9 Å². The van der Waals surface area contributed by atoms with Crippen LogP contribution in [0.15, 0.2) is 35.3 Å². The summed E-state index contributed by atoms with van der Waals surface area (Å²) in [6, 6.07) is 7.86. The molecule has 0 saturated carbocycles. The zero-order chi connectivity index (χ0) is 14.1. The summed E-state index contributed by atoms with van der Waals surface area (Å²) in [4.78, 5) is 11.6. The Bertz CT molecular complexity index is 681. The van der Waals surface area contributed by atoms with Crippen LogP contribution in [-0.2, 0) is 18.4 Å². The first-order valence-electron chi connectivity index (χ1n) is 6.56. The van der Waals surface area contributed by atoms with Crippen molar-refractivity contribution in [3.05, 3.63) is 46.4 Å². The number of hydrogen-bond donors (Lipinski definition) is 2. The Kier molecular flexibility index (Phi) is 3.20. The van der Waals surface area contributed by atoms with Gasteiger partial charge in [-0.05, 0) is 17.7 Å². The maximum Gasteiger partial charge on any atom is 0.273 e. The van der Waals surface area contributed by atoms with Crippen LogP contribution >= 0.6 is 0 Å². The third-order valence-corrected chi connectivity index (χ3v) is 3.47. The Morgan fingerprint density at radius 2 is 2.15 bits per heavy atom. The Balaban J connectivity index is 2.07. The van der Waals surface area contributed by atoms with Gasteiger partial charge in [-0.1, -0.05) is 12.1 Å². The lowest BCUT2D eigenvalue weighted by Crippen LogP contribution is -2.19. The molecule has 0 atom stereocenters. The molecule has 0 spiro atoms. The molecule has 0 amide bonds. The SMILES string of the molecule is Cn1cc(-c2ccc3c(c2)NCCOC3)cc(N)c1=O. The highest BCUT2D eigenvalue weighted by Gasteiger charge is 2.10. The van der Waals surface area contributed by atoms with Gasteiger partial charge in [-0.3, -0.25) is 4.79 Å². The summed E-state index contributed by atoms with van der Waals surface area (Å²) in [5.74, 6) is 0. The van der Waals surface area contributed by atoms with Crippen molar-refractivity contribution in [3.8, 4) is 11.1 Å². The van der Waals surface area contributed by atoms with E-state index in [0.29, 0.717) is 13.2 Å². The summed E-state index contributed by atoms with van der Waals surface area (Å²) < 4.78 is 7.00. The number of aromatic nitrogens is 1. The number of aryl methyl sites for hydroxylation is 1. The minimum Gasteiger partial charge on any atom is -0.394 e. The van der Waals surface area contributed by atoms with Crippen LogP contribution in [0.5, 0.6) is 0 Å². The van der Waals surface area contributed by atoms with Gasteiger partial charge in [-0.25, -0.2) is 0 Å². The van der Waals surface area contributed by atoms with E-state index in [0.717, 1.165) is 28.9 Å². The fourth-order valence-corrected chi connectivity index (χ4v) is 2.38. The van der Waals surface area contributed by atoms with E-state index in [1.807, 2.05) is 12.1 Å². The van der Waals surface area contributed by atoms with Crippen molar-refractivity contribution >= 4 is 11.4 Å². The van der Waals surface area contributed by atoms with Crippen molar-refractivity contribution < 1.29 is 4.74 Å². The van der Waals surface area contributed by atoms with Crippen LogP contribution in [0.2, 0.25) is 0 Å². The molecular formula is C15H17N3O2. The van der Waals surface area contributed by atoms with E-state index >= 15 is 0 Å². The highest BCUT2D eigenvalue weighted by atomic mass is 16.5. The van der Waals surface area contributed by atoms with E-state index in [-0.39, 0.29) is 11.2 Å². The molecule has 3 N–H and O–H groups in total. The van der Waals surface area contributed by atoms with E-state index in [9.17, 15) is 4.79 Å². The number of hydrogen-bond acceptors (Lipinski definition) is 4. The lowest BCUT2D eigenvalue weighted by molar-refractivity contribution is 0.135. The summed E-state index contributed by atoms with van der Waals surface area (Å²) in [5.41, 5.74) is 10.0. The third-order valence-electron chi connectivity index (χ3n) is 3.47. The summed E-state index contributed by atoms with van der Waals surface area (Å²) in [6.07, 6.45) is 1.80. The van der Waals surface area contributed by atoms with Crippen LogP contribution < -0.4 is 16.6 Å². The van der Waals surface area contributed by atoms with E-state index < -0.39 is 0 Å². The molecule has 5 heteroatoms. The highest BCUT2D eigenvalue weighted by Crippen LogP contribution is 2.27. The molecule has 1 aliphatic rings. The molecule has 0 aliphatic carbocycles. The Hall–Kier alpha value is -2.27. The van der Waals surface area contributed by atoms with Gasteiger partial charge < -0.3 is 20.4 Å². The second-order valence-corrected chi connectivity index (χ2v) is 4.95. The van der Waals surface area contributed by atoms with Crippen molar-refractivity contribution in [2.45, 2.75) is 6.61 Å². The van der Waals surface area contributed by atoms with Gasteiger partial charge in [-0.15, -0.1) is 0 Å². The summed E-state index contributed by atoms with van der Waals surface area (Å²) >= 11 is 0. The smallest absolute Gasteiger partial charge is 0.273 e. The lowest BCUT2D eigenvalue weighted by atomic mass is 10.0. The summed E-state index contributed by atoms with van der Waals surface area (Å²) in [7, 11) is 1.71. The average molecular weight is 271 g/mol. The Morgan fingerprint density at radius 1 is 1.30 bits per heavy atom. The summed E-state index contributed by atoms with van der Waals surface area (Å²) in [6.45, 7) is 2.13. The van der Waals surface area contributed by atoms with Gasteiger partial charge in [0, 0.05) is 36.6 Å². The topological polar surface area (TPSA) is 69.3 Å². The molecule has 0 saturated heterocycles. The largest absolute Gasteiger partial charge is 0.394 e. The van der Waals surface area contributed by atoms with Gasteiger partial charge >= 0.3 is 0 Å². The molecule has 20 heavy (non-hydrogen) atoms. The van der Waals surface area contributed by atoms with E-state index in [1.54, 1.807) is 19.3 Å². The normalized spacial score (nSPS) is 14.2. The number of nitrogens with one attached hydrogen (secondary N) is 1. The zero-order valence-electron chi connectivity index (χ0n) is 11.3. The average Bonchev–Trinajstić information content (AvgIpc) is 2.68. The highest BCUT2D eigenvalue weighted by molar-refractivity contribution is 5.71. The van der Waals surface area contributed by atoms with Crippen molar-refractivity contribution in [1.29, 1.82) is 0 Å². The van der Waals surface area contributed by atoms with Crippen LogP contribution in [0.3, 0.4) is 0 Å². The second-order valence-electron chi connectivity index (χ2n) is 4.95. The number of nitrogens with zero attached hydrogens (tertiary/aromatic N) is 1. The number of fused-ring (bicyclic) bond motifs is 1. The van der Waals surface area contributed by atoms with Crippen molar-refractivity contribution in [3.63, 3.8) is 0 Å². The molecule has 0 radical (unpaired) electrons. The van der Waals surface area contributed by atoms with Gasteiger partial charge in [-0.2, -0.15) is 0 Å². The van der Waals surface area contributed by atoms with Gasteiger partial charge in [0.15, 0.2) is 0 Å². The maximum atomic E-state index is 11.6. The first-order chi connectivity index (χ1) is 9.65. The molecule has 1 aromatic heterocycles. The van der Waals surface area contributed by atoms with Crippen LogP contribution in [0.4, 0.5) is 11.4 Å². The molecular weight excluding hydrogens is 254 g/mol. The minimum atomic E-state index is -0.171. The first-order valence-corrected chi connectivity index (χ1v) is 6.56. The molecule has 5 nitrogen and oxygen atoms in total. The third kappa shape index (κ3) is 2.28. The molecule has 1 aromatic carbocycles. The number of rotatable bonds is 1. The van der Waals surface area contributed by atoms with Gasteiger partial charge in [0.2, 0.25) is 0 Å². The second kappa shape index (κ2) is 5.02. The Labute approximate surface area is 117 Å². The predicted molar refractivity (Wildman–Crippen MR) is 79.7 cm³/mol. The van der Waals surface area contributed by atoms with Crippen molar-refractivity contribution in [1.82, 2.24) is 4.57 Å². The number of benzene rings is 1. The number of ether oxygens (including phenoxy) is 1. The van der Waals surface area contributed by atoms with E-state index in [2.05, 4.69) is 11.4 Å². The molecule has 1 aliphatic heterocycles. The van der Waals surface area contributed by atoms with Crippen LogP contribution in [0, 0.1) is 0 Å². The first kappa shape index (κ1) is 12.7. The molecule has 2 heterocycles.